The third-order valence-electron chi connectivity index (χ3n) is 3.52. The van der Waals surface area contributed by atoms with Crippen LogP contribution in [0.5, 0.6) is 0 Å². The molecule has 0 radical (unpaired) electrons. The predicted molar refractivity (Wildman–Crippen MR) is 88.5 cm³/mol. The molecule has 0 saturated carbocycles. The molecule has 8 heteroatoms. The highest BCUT2D eigenvalue weighted by molar-refractivity contribution is 9.10. The van der Waals surface area contributed by atoms with Gasteiger partial charge in [0.15, 0.2) is 0 Å². The molecule has 1 N–H and O–H groups in total. The number of hydrogen-bond donors (Lipinski definition) is 1. The zero-order valence-electron chi connectivity index (χ0n) is 13.0. The van der Waals surface area contributed by atoms with E-state index in [0.29, 0.717) is 10.2 Å². The van der Waals surface area contributed by atoms with Crippen molar-refractivity contribution >= 4 is 21.6 Å². The predicted octanol–water partition coefficient (Wildman–Crippen LogP) is 2.54. The van der Waals surface area contributed by atoms with Crippen molar-refractivity contribution in [3.8, 4) is 0 Å². The fourth-order valence-electron chi connectivity index (χ4n) is 2.21. The molecule has 2 aromatic rings. The lowest BCUT2D eigenvalue weighted by atomic mass is 10.0. The molecule has 124 valence electrons. The summed E-state index contributed by atoms with van der Waals surface area (Å²) in [6, 6.07) is 3.23. The Bertz CT molecular complexity index is 743. The van der Waals surface area contributed by atoms with E-state index in [0.717, 1.165) is 0 Å². The molecular weight excluding hydrogens is 370 g/mol. The van der Waals surface area contributed by atoms with Gasteiger partial charge < -0.3 is 10.2 Å². The first-order chi connectivity index (χ1) is 10.8. The second-order valence-corrected chi connectivity index (χ2v) is 6.09. The maximum absolute atomic E-state index is 14.0. The van der Waals surface area contributed by atoms with Gasteiger partial charge in [0.05, 0.1) is 17.9 Å². The largest absolute Gasteiger partial charge is 0.381 e. The van der Waals surface area contributed by atoms with Crippen molar-refractivity contribution in [2.24, 2.45) is 7.05 Å². The Kier molecular flexibility index (Phi) is 5.48. The summed E-state index contributed by atoms with van der Waals surface area (Å²) in [6.45, 7) is 0.207. The summed E-state index contributed by atoms with van der Waals surface area (Å²) in [5, 5.41) is 6.94. The molecular formula is C15H17BrF2N4O. The monoisotopic (exact) mass is 386 g/mol. The fourth-order valence-corrected chi connectivity index (χ4v) is 2.71. The molecule has 2 rings (SSSR count). The van der Waals surface area contributed by atoms with Gasteiger partial charge in [-0.3, -0.25) is 4.79 Å². The van der Waals surface area contributed by atoms with E-state index in [-0.39, 0.29) is 17.7 Å². The molecule has 0 fully saturated rings. The zero-order chi connectivity index (χ0) is 17.1. The van der Waals surface area contributed by atoms with Crippen molar-refractivity contribution in [1.82, 2.24) is 14.7 Å². The maximum Gasteiger partial charge on any atom is 0.282 e. The fraction of sp³-hybridized carbons (Fsp3) is 0.333. The standard InChI is InChI=1S/C15H17BrF2N4O/c1-21(2)12(13-9(17)5-4-6-10(13)18)8-19-11-7-20-22(3)15(23)14(11)16/h4-7,12,19H,8H2,1-3H3. The molecule has 0 amide bonds. The van der Waals surface area contributed by atoms with E-state index >= 15 is 0 Å². The number of nitrogens with one attached hydrogen (secondary N) is 1. The first-order valence-electron chi connectivity index (χ1n) is 6.89. The van der Waals surface area contributed by atoms with E-state index in [1.807, 2.05) is 0 Å². The number of likely N-dealkylation sites (N-methyl/N-ethyl adjacent to an activating group) is 1. The highest BCUT2D eigenvalue weighted by Crippen LogP contribution is 2.26. The van der Waals surface area contributed by atoms with Crippen molar-refractivity contribution in [1.29, 1.82) is 0 Å². The molecule has 0 spiro atoms. The highest BCUT2D eigenvalue weighted by Gasteiger charge is 2.22. The molecule has 0 saturated heterocycles. The average Bonchev–Trinajstić information content (AvgIpc) is 2.49. The van der Waals surface area contributed by atoms with Gasteiger partial charge in [0.2, 0.25) is 0 Å². The van der Waals surface area contributed by atoms with Crippen molar-refractivity contribution in [3.05, 3.63) is 56.4 Å². The van der Waals surface area contributed by atoms with Crippen LogP contribution in [0.4, 0.5) is 14.5 Å². The number of aromatic nitrogens is 2. The molecule has 1 heterocycles. The minimum absolute atomic E-state index is 0.0158. The topological polar surface area (TPSA) is 50.2 Å². The summed E-state index contributed by atoms with van der Waals surface area (Å²) in [7, 11) is 5.00. The minimum Gasteiger partial charge on any atom is -0.381 e. The van der Waals surface area contributed by atoms with Gasteiger partial charge in [-0.1, -0.05) is 6.07 Å². The van der Waals surface area contributed by atoms with E-state index in [4.69, 9.17) is 0 Å². The van der Waals surface area contributed by atoms with Crippen molar-refractivity contribution in [2.45, 2.75) is 6.04 Å². The van der Waals surface area contributed by atoms with Gasteiger partial charge in [-0.05, 0) is 42.2 Å². The Labute approximate surface area is 141 Å². The lowest BCUT2D eigenvalue weighted by molar-refractivity contribution is 0.295. The third kappa shape index (κ3) is 3.76. The molecule has 1 unspecified atom stereocenters. The van der Waals surface area contributed by atoms with Crippen molar-refractivity contribution < 1.29 is 8.78 Å². The number of benzene rings is 1. The van der Waals surface area contributed by atoms with Crippen LogP contribution in [0.3, 0.4) is 0 Å². The third-order valence-corrected chi connectivity index (χ3v) is 4.29. The highest BCUT2D eigenvalue weighted by atomic mass is 79.9. The van der Waals surface area contributed by atoms with Crippen LogP contribution < -0.4 is 10.9 Å². The van der Waals surface area contributed by atoms with Gasteiger partial charge in [-0.15, -0.1) is 0 Å². The van der Waals surface area contributed by atoms with Gasteiger partial charge in [0.25, 0.3) is 5.56 Å². The number of halogens is 3. The normalized spacial score (nSPS) is 12.5. The van der Waals surface area contributed by atoms with E-state index in [9.17, 15) is 13.6 Å². The van der Waals surface area contributed by atoms with Gasteiger partial charge >= 0.3 is 0 Å². The number of hydrogen-bond acceptors (Lipinski definition) is 4. The van der Waals surface area contributed by atoms with Crippen molar-refractivity contribution in [2.75, 3.05) is 26.0 Å². The smallest absolute Gasteiger partial charge is 0.282 e. The van der Waals surface area contributed by atoms with Crippen LogP contribution in [0.2, 0.25) is 0 Å². The first-order valence-corrected chi connectivity index (χ1v) is 7.68. The summed E-state index contributed by atoms with van der Waals surface area (Å²) in [5.41, 5.74) is 0.156. The Morgan fingerprint density at radius 1 is 1.35 bits per heavy atom. The molecule has 1 aromatic carbocycles. The molecule has 0 aliphatic heterocycles. The van der Waals surface area contributed by atoms with E-state index < -0.39 is 17.7 Å². The second-order valence-electron chi connectivity index (χ2n) is 5.30. The van der Waals surface area contributed by atoms with E-state index in [2.05, 4.69) is 26.3 Å². The number of nitrogens with zero attached hydrogens (tertiary/aromatic N) is 3. The quantitative estimate of drug-likeness (QED) is 0.857. The first kappa shape index (κ1) is 17.6. The van der Waals surface area contributed by atoms with Gasteiger partial charge in [0.1, 0.15) is 16.1 Å². The Hall–Kier alpha value is -1.80. The van der Waals surface area contributed by atoms with E-state index in [1.165, 1.54) is 36.1 Å². The summed E-state index contributed by atoms with van der Waals surface area (Å²) < 4.78 is 29.5. The minimum atomic E-state index is -0.605. The molecule has 0 bridgehead atoms. The molecule has 23 heavy (non-hydrogen) atoms. The second kappa shape index (κ2) is 7.18. The Balaban J connectivity index is 2.29. The Morgan fingerprint density at radius 2 is 1.96 bits per heavy atom. The van der Waals surface area contributed by atoms with Crippen LogP contribution in [-0.2, 0) is 7.05 Å². The summed E-state index contributed by atoms with van der Waals surface area (Å²) in [5.74, 6) is -1.21. The summed E-state index contributed by atoms with van der Waals surface area (Å²) in [4.78, 5) is 13.5. The van der Waals surface area contributed by atoms with Gasteiger partial charge in [0, 0.05) is 19.2 Å². The number of anilines is 1. The molecule has 1 atom stereocenters. The molecule has 0 aliphatic rings. The van der Waals surface area contributed by atoms with E-state index in [1.54, 1.807) is 19.0 Å². The van der Waals surface area contributed by atoms with Crippen LogP contribution in [-0.4, -0.2) is 35.3 Å². The van der Waals surface area contributed by atoms with Crippen LogP contribution >= 0.6 is 15.9 Å². The average molecular weight is 387 g/mol. The lowest BCUT2D eigenvalue weighted by Gasteiger charge is -2.26. The number of rotatable bonds is 5. The molecule has 5 nitrogen and oxygen atoms in total. The van der Waals surface area contributed by atoms with Crippen LogP contribution in [0.25, 0.3) is 0 Å². The SMILES string of the molecule is CN(C)C(CNc1cnn(C)c(=O)c1Br)c1c(F)cccc1F. The Morgan fingerprint density at radius 3 is 2.52 bits per heavy atom. The zero-order valence-corrected chi connectivity index (χ0v) is 14.6. The van der Waals surface area contributed by atoms with Crippen LogP contribution in [0, 0.1) is 11.6 Å². The molecule has 1 aromatic heterocycles. The van der Waals surface area contributed by atoms with Crippen molar-refractivity contribution in [3.63, 3.8) is 0 Å². The van der Waals surface area contributed by atoms with Gasteiger partial charge in [-0.2, -0.15) is 5.10 Å². The number of aryl methyl sites for hydroxylation is 1. The van der Waals surface area contributed by atoms with Gasteiger partial charge in [-0.25, -0.2) is 13.5 Å². The maximum atomic E-state index is 14.0. The van der Waals surface area contributed by atoms with Crippen LogP contribution in [0.1, 0.15) is 11.6 Å². The summed E-state index contributed by atoms with van der Waals surface area (Å²) in [6.07, 6.45) is 1.48. The lowest BCUT2D eigenvalue weighted by Crippen LogP contribution is -2.29. The molecule has 0 aliphatic carbocycles. The van der Waals surface area contributed by atoms with Crippen LogP contribution in [0.15, 0.2) is 33.7 Å². The summed E-state index contributed by atoms with van der Waals surface area (Å²) >= 11 is 3.21.